The van der Waals surface area contributed by atoms with Crippen molar-refractivity contribution in [3.05, 3.63) is 48.0 Å². The first-order chi connectivity index (χ1) is 14.0. The normalized spacial score (nSPS) is 14.8. The third-order valence-electron chi connectivity index (χ3n) is 4.60. The van der Waals surface area contributed by atoms with E-state index in [9.17, 15) is 14.7 Å². The van der Waals surface area contributed by atoms with E-state index in [-0.39, 0.29) is 17.1 Å². The SMILES string of the molecule is COc1cccc(C(=O)OC(C)C(=O)Nc2ccc(N3CCOCC3)cc2)c1O. The van der Waals surface area contributed by atoms with Crippen LogP contribution in [0.4, 0.5) is 11.4 Å². The number of anilines is 2. The second-order valence-electron chi connectivity index (χ2n) is 6.54. The third kappa shape index (κ3) is 4.97. The number of para-hydroxylation sites is 1. The summed E-state index contributed by atoms with van der Waals surface area (Å²) >= 11 is 0. The van der Waals surface area contributed by atoms with Crippen LogP contribution in [0.1, 0.15) is 17.3 Å². The van der Waals surface area contributed by atoms with Crippen LogP contribution in [0.25, 0.3) is 0 Å². The molecule has 1 heterocycles. The van der Waals surface area contributed by atoms with Gasteiger partial charge in [0.1, 0.15) is 5.56 Å². The average molecular weight is 400 g/mol. The van der Waals surface area contributed by atoms with E-state index >= 15 is 0 Å². The molecule has 0 bridgehead atoms. The Morgan fingerprint density at radius 2 is 1.83 bits per heavy atom. The van der Waals surface area contributed by atoms with Crippen LogP contribution < -0.4 is 15.0 Å². The molecule has 2 N–H and O–H groups in total. The molecule has 8 nitrogen and oxygen atoms in total. The summed E-state index contributed by atoms with van der Waals surface area (Å²) in [7, 11) is 1.38. The Morgan fingerprint density at radius 1 is 1.14 bits per heavy atom. The van der Waals surface area contributed by atoms with Gasteiger partial charge in [0.25, 0.3) is 5.91 Å². The van der Waals surface area contributed by atoms with Gasteiger partial charge in [-0.15, -0.1) is 0 Å². The summed E-state index contributed by atoms with van der Waals surface area (Å²) in [6.07, 6.45) is -1.05. The van der Waals surface area contributed by atoms with E-state index in [4.69, 9.17) is 14.2 Å². The second kappa shape index (κ2) is 9.29. The number of rotatable bonds is 6. The Bertz CT molecular complexity index is 862. The number of nitrogens with one attached hydrogen (secondary N) is 1. The zero-order valence-electron chi connectivity index (χ0n) is 16.4. The van der Waals surface area contributed by atoms with Gasteiger partial charge in [-0.1, -0.05) is 6.07 Å². The molecule has 2 aromatic carbocycles. The summed E-state index contributed by atoms with van der Waals surface area (Å²) in [5, 5.41) is 12.8. The first-order valence-electron chi connectivity index (χ1n) is 9.30. The van der Waals surface area contributed by atoms with Crippen molar-refractivity contribution in [3.8, 4) is 11.5 Å². The molecule has 1 unspecified atom stereocenters. The van der Waals surface area contributed by atoms with Crippen molar-refractivity contribution in [3.63, 3.8) is 0 Å². The molecule has 3 rings (SSSR count). The van der Waals surface area contributed by atoms with Crippen molar-refractivity contribution in [1.29, 1.82) is 0 Å². The van der Waals surface area contributed by atoms with Gasteiger partial charge in [0.2, 0.25) is 0 Å². The fourth-order valence-electron chi connectivity index (χ4n) is 2.95. The van der Waals surface area contributed by atoms with Crippen molar-refractivity contribution in [1.82, 2.24) is 0 Å². The molecule has 2 aromatic rings. The van der Waals surface area contributed by atoms with Crippen LogP contribution in [-0.2, 0) is 14.3 Å². The van der Waals surface area contributed by atoms with Gasteiger partial charge in [-0.05, 0) is 43.3 Å². The number of esters is 1. The summed E-state index contributed by atoms with van der Waals surface area (Å²) in [5.41, 5.74) is 1.58. The van der Waals surface area contributed by atoms with Crippen LogP contribution in [0, 0.1) is 0 Å². The molecule has 0 radical (unpaired) electrons. The number of carbonyl (C=O) groups is 2. The standard InChI is InChI=1S/C21H24N2O6/c1-14(29-21(26)17-4-3-5-18(27-2)19(17)24)20(25)22-15-6-8-16(9-7-15)23-10-12-28-13-11-23/h3-9,14,24H,10-13H2,1-2H3,(H,22,25). The number of phenolic OH excluding ortho intramolecular Hbond substituents is 1. The van der Waals surface area contributed by atoms with Crippen LogP contribution >= 0.6 is 0 Å². The van der Waals surface area contributed by atoms with E-state index in [1.807, 2.05) is 12.1 Å². The van der Waals surface area contributed by atoms with Crippen molar-refractivity contribution < 1.29 is 28.9 Å². The summed E-state index contributed by atoms with van der Waals surface area (Å²) in [5.74, 6) is -1.46. The third-order valence-corrected chi connectivity index (χ3v) is 4.60. The lowest BCUT2D eigenvalue weighted by Crippen LogP contribution is -2.36. The molecule has 0 spiro atoms. The number of aromatic hydroxyl groups is 1. The zero-order chi connectivity index (χ0) is 20.8. The molecule has 1 fully saturated rings. The van der Waals surface area contributed by atoms with Gasteiger partial charge < -0.3 is 29.5 Å². The Morgan fingerprint density at radius 3 is 2.48 bits per heavy atom. The number of amides is 1. The fraction of sp³-hybridized carbons (Fsp3) is 0.333. The molecular formula is C21H24N2O6. The van der Waals surface area contributed by atoms with E-state index < -0.39 is 18.0 Å². The Kier molecular flexibility index (Phi) is 6.56. The van der Waals surface area contributed by atoms with Gasteiger partial charge in [0.15, 0.2) is 17.6 Å². The highest BCUT2D eigenvalue weighted by molar-refractivity contribution is 5.98. The summed E-state index contributed by atoms with van der Waals surface area (Å²) in [6.45, 7) is 4.52. The molecule has 0 saturated carbocycles. The van der Waals surface area contributed by atoms with Gasteiger partial charge in [-0.2, -0.15) is 0 Å². The largest absolute Gasteiger partial charge is 0.504 e. The molecule has 29 heavy (non-hydrogen) atoms. The predicted octanol–water partition coefficient (Wildman–Crippen LogP) is 2.42. The molecule has 1 atom stereocenters. The number of benzene rings is 2. The number of carbonyl (C=O) groups excluding carboxylic acids is 2. The molecule has 1 aliphatic heterocycles. The van der Waals surface area contributed by atoms with Crippen molar-refractivity contribution in [2.24, 2.45) is 0 Å². The van der Waals surface area contributed by atoms with Gasteiger partial charge in [-0.25, -0.2) is 4.79 Å². The Labute approximate surface area is 169 Å². The lowest BCUT2D eigenvalue weighted by Gasteiger charge is -2.28. The van der Waals surface area contributed by atoms with Crippen LogP contribution in [-0.4, -0.2) is 56.5 Å². The lowest BCUT2D eigenvalue weighted by molar-refractivity contribution is -0.123. The van der Waals surface area contributed by atoms with E-state index in [1.165, 1.54) is 26.2 Å². The van der Waals surface area contributed by atoms with Crippen LogP contribution in [0.5, 0.6) is 11.5 Å². The van der Waals surface area contributed by atoms with Crippen molar-refractivity contribution in [2.75, 3.05) is 43.6 Å². The highest BCUT2D eigenvalue weighted by Crippen LogP contribution is 2.30. The first-order valence-corrected chi connectivity index (χ1v) is 9.30. The highest BCUT2D eigenvalue weighted by atomic mass is 16.5. The van der Waals surface area contributed by atoms with E-state index in [2.05, 4.69) is 10.2 Å². The number of hydrogen-bond acceptors (Lipinski definition) is 7. The zero-order valence-corrected chi connectivity index (χ0v) is 16.4. The topological polar surface area (TPSA) is 97.3 Å². The minimum Gasteiger partial charge on any atom is -0.504 e. The molecule has 1 amide bonds. The lowest BCUT2D eigenvalue weighted by atomic mass is 10.2. The van der Waals surface area contributed by atoms with Gasteiger partial charge in [0.05, 0.1) is 20.3 Å². The van der Waals surface area contributed by atoms with Crippen LogP contribution in [0.2, 0.25) is 0 Å². The smallest absolute Gasteiger partial charge is 0.342 e. The minimum atomic E-state index is -1.05. The fourth-order valence-corrected chi connectivity index (χ4v) is 2.95. The van der Waals surface area contributed by atoms with E-state index in [0.717, 1.165) is 18.8 Å². The van der Waals surface area contributed by atoms with Gasteiger partial charge in [0, 0.05) is 24.5 Å². The molecule has 154 valence electrons. The maximum Gasteiger partial charge on any atom is 0.342 e. The van der Waals surface area contributed by atoms with Crippen LogP contribution in [0.15, 0.2) is 42.5 Å². The molecule has 0 aromatic heterocycles. The molecule has 1 saturated heterocycles. The molecule has 8 heteroatoms. The maximum atomic E-state index is 12.4. The van der Waals surface area contributed by atoms with Crippen LogP contribution in [0.3, 0.4) is 0 Å². The number of nitrogens with zero attached hydrogens (tertiary/aromatic N) is 1. The summed E-state index contributed by atoms with van der Waals surface area (Å²) < 4.78 is 15.5. The maximum absolute atomic E-state index is 12.4. The molecular weight excluding hydrogens is 376 g/mol. The number of hydrogen-bond donors (Lipinski definition) is 2. The number of morpholine rings is 1. The number of ether oxygens (including phenoxy) is 3. The van der Waals surface area contributed by atoms with E-state index in [0.29, 0.717) is 18.9 Å². The number of phenols is 1. The predicted molar refractivity (Wildman–Crippen MR) is 108 cm³/mol. The van der Waals surface area contributed by atoms with Gasteiger partial charge >= 0.3 is 5.97 Å². The minimum absolute atomic E-state index is 0.0705. The highest BCUT2D eigenvalue weighted by Gasteiger charge is 2.22. The van der Waals surface area contributed by atoms with Crippen molar-refractivity contribution >= 4 is 23.3 Å². The monoisotopic (exact) mass is 400 g/mol. The molecule has 1 aliphatic rings. The first kappa shape index (κ1) is 20.5. The number of methoxy groups -OCH3 is 1. The Balaban J connectivity index is 1.58. The van der Waals surface area contributed by atoms with Gasteiger partial charge in [-0.3, -0.25) is 4.79 Å². The average Bonchev–Trinajstić information content (AvgIpc) is 2.75. The van der Waals surface area contributed by atoms with E-state index in [1.54, 1.807) is 18.2 Å². The molecule has 0 aliphatic carbocycles. The summed E-state index contributed by atoms with van der Waals surface area (Å²) in [4.78, 5) is 26.9. The summed E-state index contributed by atoms with van der Waals surface area (Å²) in [6, 6.07) is 11.9. The second-order valence-corrected chi connectivity index (χ2v) is 6.54. The van der Waals surface area contributed by atoms with Crippen molar-refractivity contribution in [2.45, 2.75) is 13.0 Å². The Hall–Kier alpha value is -3.26. The quantitative estimate of drug-likeness (QED) is 0.719.